The smallest absolute Gasteiger partial charge is 0.277 e. The monoisotopic (exact) mass is 353 g/mol. The van der Waals surface area contributed by atoms with E-state index in [1.807, 2.05) is 32.0 Å². The lowest BCUT2D eigenvalue weighted by atomic mass is 10.1. The first-order valence-electron chi connectivity index (χ1n) is 7.89. The van der Waals surface area contributed by atoms with Crippen LogP contribution in [0.2, 0.25) is 0 Å². The van der Waals surface area contributed by atoms with Gasteiger partial charge < -0.3 is 4.74 Å². The van der Waals surface area contributed by atoms with Crippen LogP contribution < -0.4 is 10.2 Å². The highest BCUT2D eigenvalue weighted by atomic mass is 16.6. The highest BCUT2D eigenvalue weighted by Crippen LogP contribution is 2.21. The van der Waals surface area contributed by atoms with E-state index in [1.165, 1.54) is 18.3 Å². The molecule has 0 aliphatic carbocycles. The van der Waals surface area contributed by atoms with E-state index in [0.717, 1.165) is 11.1 Å². The molecule has 7 heteroatoms. The lowest BCUT2D eigenvalue weighted by Crippen LogP contribution is -2.24. The highest BCUT2D eigenvalue weighted by Gasteiger charge is 2.06. The van der Waals surface area contributed by atoms with Crippen LogP contribution in [-0.4, -0.2) is 23.7 Å². The van der Waals surface area contributed by atoms with Gasteiger partial charge in [0.05, 0.1) is 4.92 Å². The van der Waals surface area contributed by atoms with E-state index in [0.29, 0.717) is 11.3 Å². The number of carbonyl (C=O) groups is 1. The van der Waals surface area contributed by atoms with Crippen molar-refractivity contribution in [3.8, 4) is 5.75 Å². The van der Waals surface area contributed by atoms with Crippen LogP contribution >= 0.6 is 0 Å². The zero-order valence-electron chi connectivity index (χ0n) is 14.5. The molecule has 0 heterocycles. The van der Waals surface area contributed by atoms with E-state index in [4.69, 9.17) is 4.74 Å². The molecule has 0 atom stereocenters. The molecule has 2 aromatic rings. The van der Waals surface area contributed by atoms with Gasteiger partial charge in [0.25, 0.3) is 11.6 Å². The van der Waals surface area contributed by atoms with Crippen LogP contribution in [0, 0.1) is 24.0 Å². The molecule has 0 bridgehead atoms. The number of para-hydroxylation sites is 1. The summed E-state index contributed by atoms with van der Waals surface area (Å²) < 4.78 is 5.52. The molecule has 1 amide bonds. The first-order chi connectivity index (χ1) is 12.5. The van der Waals surface area contributed by atoms with Crippen molar-refractivity contribution in [2.45, 2.75) is 13.8 Å². The van der Waals surface area contributed by atoms with Crippen LogP contribution in [-0.2, 0) is 4.79 Å². The number of nitro groups is 1. The molecule has 0 saturated carbocycles. The van der Waals surface area contributed by atoms with Crippen molar-refractivity contribution in [3.63, 3.8) is 0 Å². The number of nitrogens with zero attached hydrogens (tertiary/aromatic N) is 2. The van der Waals surface area contributed by atoms with Gasteiger partial charge in [-0.2, -0.15) is 5.10 Å². The fourth-order valence-electron chi connectivity index (χ4n) is 2.25. The van der Waals surface area contributed by atoms with Crippen molar-refractivity contribution < 1.29 is 14.5 Å². The Hall–Kier alpha value is -3.48. The largest absolute Gasteiger partial charge is 0.483 e. The normalized spacial score (nSPS) is 11.0. The molecular weight excluding hydrogens is 334 g/mol. The summed E-state index contributed by atoms with van der Waals surface area (Å²) in [7, 11) is 0. The fraction of sp³-hybridized carbons (Fsp3) is 0.158. The molecule has 1 N–H and O–H groups in total. The number of hydrogen-bond donors (Lipinski definition) is 1. The van der Waals surface area contributed by atoms with Crippen LogP contribution in [0.15, 0.2) is 53.6 Å². The van der Waals surface area contributed by atoms with Gasteiger partial charge in [0, 0.05) is 18.3 Å². The maximum Gasteiger partial charge on any atom is 0.277 e. The average Bonchev–Trinajstić information content (AvgIpc) is 2.61. The molecule has 0 saturated heterocycles. The first-order valence-corrected chi connectivity index (χ1v) is 7.89. The van der Waals surface area contributed by atoms with Gasteiger partial charge in [0.15, 0.2) is 6.61 Å². The molecule has 0 fully saturated rings. The Labute approximate surface area is 151 Å². The Morgan fingerprint density at radius 3 is 2.62 bits per heavy atom. The van der Waals surface area contributed by atoms with Gasteiger partial charge in [0.2, 0.25) is 0 Å². The molecule has 7 nitrogen and oxygen atoms in total. The van der Waals surface area contributed by atoms with E-state index in [1.54, 1.807) is 24.3 Å². The van der Waals surface area contributed by atoms with E-state index in [2.05, 4.69) is 10.5 Å². The molecule has 26 heavy (non-hydrogen) atoms. The topological polar surface area (TPSA) is 93.8 Å². The van der Waals surface area contributed by atoms with Gasteiger partial charge in [-0.15, -0.1) is 0 Å². The molecule has 2 rings (SSSR count). The number of carbonyl (C=O) groups excluding carboxylic acids is 1. The molecule has 0 aliphatic heterocycles. The van der Waals surface area contributed by atoms with Gasteiger partial charge in [0.1, 0.15) is 5.75 Å². The number of nitro benzene ring substituents is 1. The van der Waals surface area contributed by atoms with E-state index in [9.17, 15) is 14.9 Å². The zero-order valence-corrected chi connectivity index (χ0v) is 14.5. The number of ether oxygens (including phenoxy) is 1. The Bertz CT molecular complexity index is 839. The number of rotatable bonds is 7. The van der Waals surface area contributed by atoms with Crippen LogP contribution in [0.5, 0.6) is 5.75 Å². The predicted octanol–water partition coefficient (Wildman–Crippen LogP) is 3.41. The van der Waals surface area contributed by atoms with Crippen LogP contribution in [0.25, 0.3) is 6.08 Å². The highest BCUT2D eigenvalue weighted by molar-refractivity contribution is 5.82. The SMILES string of the molecule is Cc1cccc(C)c1OCC(=O)N/N=C/C=C/c1cccc([N+](=O)[O-])c1. The van der Waals surface area contributed by atoms with Gasteiger partial charge >= 0.3 is 0 Å². The molecule has 2 aromatic carbocycles. The summed E-state index contributed by atoms with van der Waals surface area (Å²) in [6, 6.07) is 11.9. The number of non-ortho nitro benzene ring substituents is 1. The molecular formula is C19H19N3O4. The Balaban J connectivity index is 1.82. The van der Waals surface area contributed by atoms with Crippen LogP contribution in [0.4, 0.5) is 5.69 Å². The van der Waals surface area contributed by atoms with Crippen molar-refractivity contribution in [1.82, 2.24) is 5.43 Å². The number of aryl methyl sites for hydroxylation is 2. The summed E-state index contributed by atoms with van der Waals surface area (Å²) in [6.45, 7) is 3.69. The number of nitrogens with one attached hydrogen (secondary N) is 1. The number of hydrogen-bond acceptors (Lipinski definition) is 5. The molecule has 0 aromatic heterocycles. The van der Waals surface area contributed by atoms with Gasteiger partial charge in [-0.1, -0.05) is 36.4 Å². The second-order valence-electron chi connectivity index (χ2n) is 5.53. The summed E-state index contributed by atoms with van der Waals surface area (Å²) in [4.78, 5) is 22.0. The van der Waals surface area contributed by atoms with Crippen LogP contribution in [0.1, 0.15) is 16.7 Å². The van der Waals surface area contributed by atoms with E-state index < -0.39 is 4.92 Å². The number of allylic oxidation sites excluding steroid dienone is 1. The Morgan fingerprint density at radius 2 is 1.92 bits per heavy atom. The molecule has 134 valence electrons. The first kappa shape index (κ1) is 18.9. The third-order valence-corrected chi connectivity index (χ3v) is 3.48. The molecule has 0 aliphatic rings. The number of benzene rings is 2. The van der Waals surface area contributed by atoms with E-state index >= 15 is 0 Å². The lowest BCUT2D eigenvalue weighted by Gasteiger charge is -2.10. The lowest BCUT2D eigenvalue weighted by molar-refractivity contribution is -0.384. The summed E-state index contributed by atoms with van der Waals surface area (Å²) in [6.07, 6.45) is 4.61. The van der Waals surface area contributed by atoms with Crippen molar-refractivity contribution in [2.75, 3.05) is 6.61 Å². The minimum atomic E-state index is -0.457. The number of hydrazone groups is 1. The summed E-state index contributed by atoms with van der Waals surface area (Å²) in [5.41, 5.74) is 4.95. The third kappa shape index (κ3) is 5.55. The molecule has 0 spiro atoms. The maximum absolute atomic E-state index is 11.7. The quantitative estimate of drug-likeness (QED) is 0.469. The predicted molar refractivity (Wildman–Crippen MR) is 100 cm³/mol. The summed E-state index contributed by atoms with van der Waals surface area (Å²) >= 11 is 0. The van der Waals surface area contributed by atoms with Crippen molar-refractivity contribution >= 4 is 23.9 Å². The second-order valence-corrected chi connectivity index (χ2v) is 5.53. The van der Waals surface area contributed by atoms with E-state index in [-0.39, 0.29) is 18.2 Å². The minimum absolute atomic E-state index is 0.0149. The van der Waals surface area contributed by atoms with Gasteiger partial charge in [-0.05, 0) is 36.6 Å². The molecule has 0 radical (unpaired) electrons. The minimum Gasteiger partial charge on any atom is -0.483 e. The Kier molecular flexibility index (Phi) is 6.61. The van der Waals surface area contributed by atoms with Crippen LogP contribution in [0.3, 0.4) is 0 Å². The van der Waals surface area contributed by atoms with Crippen molar-refractivity contribution in [3.05, 3.63) is 75.3 Å². The average molecular weight is 353 g/mol. The maximum atomic E-state index is 11.7. The van der Waals surface area contributed by atoms with Crippen molar-refractivity contribution in [2.24, 2.45) is 5.10 Å². The Morgan fingerprint density at radius 1 is 1.23 bits per heavy atom. The summed E-state index contributed by atoms with van der Waals surface area (Å²) in [5, 5.41) is 14.5. The fourth-order valence-corrected chi connectivity index (χ4v) is 2.25. The van der Waals surface area contributed by atoms with Gasteiger partial charge in [-0.3, -0.25) is 14.9 Å². The van der Waals surface area contributed by atoms with Crippen molar-refractivity contribution in [1.29, 1.82) is 0 Å². The molecule has 0 unspecified atom stereocenters. The third-order valence-electron chi connectivity index (χ3n) is 3.48. The second kappa shape index (κ2) is 9.12. The standard InChI is InChI=1S/C19H19N3O4/c1-14-6-3-7-15(2)19(14)26-13-18(23)21-20-11-5-9-16-8-4-10-17(12-16)22(24)25/h3-12H,13H2,1-2H3,(H,21,23)/b9-5+,20-11+. The zero-order chi connectivity index (χ0) is 18.9. The van der Waals surface area contributed by atoms with Gasteiger partial charge in [-0.25, -0.2) is 5.43 Å². The summed E-state index contributed by atoms with van der Waals surface area (Å²) in [5.74, 6) is 0.310. The number of amides is 1.